The third kappa shape index (κ3) is 2.65. The van der Waals surface area contributed by atoms with Crippen LogP contribution in [0.5, 0.6) is 0 Å². The average molecular weight is 271 g/mol. The van der Waals surface area contributed by atoms with Crippen LogP contribution in [0.15, 0.2) is 18.2 Å². The Balaban J connectivity index is 2.26. The molecule has 1 aliphatic rings. The molecule has 1 fully saturated rings. The van der Waals surface area contributed by atoms with E-state index in [9.17, 15) is 9.18 Å². The van der Waals surface area contributed by atoms with Gasteiger partial charge in [0.05, 0.1) is 10.6 Å². The molecule has 1 aromatic carbocycles. The highest BCUT2D eigenvalue weighted by molar-refractivity contribution is 6.33. The maximum Gasteiger partial charge on any atom is 0.258 e. The van der Waals surface area contributed by atoms with Crippen molar-refractivity contribution in [3.8, 4) is 0 Å². The quantitative estimate of drug-likeness (QED) is 0.849. The number of rotatable bonds is 1. The van der Waals surface area contributed by atoms with E-state index < -0.39 is 5.82 Å². The number of nitrogens with zero attached hydrogens (tertiary/aromatic N) is 1. The molecule has 0 bridgehead atoms. The van der Waals surface area contributed by atoms with E-state index in [1.54, 1.807) is 4.90 Å². The van der Waals surface area contributed by atoms with Crippen molar-refractivity contribution in [2.24, 2.45) is 0 Å². The van der Waals surface area contributed by atoms with Gasteiger partial charge in [-0.15, -0.1) is 0 Å². The molecule has 3 nitrogen and oxygen atoms in total. The van der Waals surface area contributed by atoms with Crippen LogP contribution in [-0.2, 0) is 0 Å². The molecule has 2 rings (SSSR count). The van der Waals surface area contributed by atoms with Crippen LogP contribution in [0.25, 0.3) is 0 Å². The lowest BCUT2D eigenvalue weighted by Crippen LogP contribution is -2.56. The van der Waals surface area contributed by atoms with Crippen molar-refractivity contribution in [1.29, 1.82) is 0 Å². The van der Waals surface area contributed by atoms with Crippen LogP contribution < -0.4 is 5.32 Å². The summed E-state index contributed by atoms with van der Waals surface area (Å²) in [5, 5.41) is 3.49. The van der Waals surface area contributed by atoms with E-state index in [0.717, 1.165) is 0 Å². The molecule has 0 spiro atoms. The lowest BCUT2D eigenvalue weighted by molar-refractivity contribution is 0.0669. The Labute approximate surface area is 111 Å². The van der Waals surface area contributed by atoms with E-state index in [4.69, 9.17) is 11.6 Å². The number of carbonyl (C=O) groups excluding carboxylic acids is 1. The van der Waals surface area contributed by atoms with Crippen LogP contribution in [0.4, 0.5) is 4.39 Å². The van der Waals surface area contributed by atoms with Gasteiger partial charge in [0, 0.05) is 25.2 Å². The maximum atomic E-state index is 13.7. The molecule has 1 saturated heterocycles. The first-order valence-corrected chi connectivity index (χ1v) is 6.36. The summed E-state index contributed by atoms with van der Waals surface area (Å²) in [6.45, 7) is 5.12. The van der Waals surface area contributed by atoms with E-state index in [-0.39, 0.29) is 28.6 Å². The highest BCUT2D eigenvalue weighted by atomic mass is 35.5. The average Bonchev–Trinajstić information content (AvgIpc) is 2.27. The van der Waals surface area contributed by atoms with E-state index in [1.165, 1.54) is 18.2 Å². The number of amides is 1. The van der Waals surface area contributed by atoms with Gasteiger partial charge in [-0.1, -0.05) is 17.7 Å². The molecule has 1 heterocycles. The second-order valence-corrected chi connectivity index (χ2v) is 5.18. The predicted octanol–water partition coefficient (Wildman–Crippen LogP) is 2.30. The Morgan fingerprint density at radius 2 is 2.00 bits per heavy atom. The number of piperazine rings is 1. The number of hydrogen-bond donors (Lipinski definition) is 1. The topological polar surface area (TPSA) is 32.3 Å². The summed E-state index contributed by atoms with van der Waals surface area (Å²) in [5.41, 5.74) is -0.0273. The number of carbonyl (C=O) groups is 1. The highest BCUT2D eigenvalue weighted by Crippen LogP contribution is 2.21. The van der Waals surface area contributed by atoms with Crippen molar-refractivity contribution < 1.29 is 9.18 Å². The second-order valence-electron chi connectivity index (χ2n) is 4.78. The van der Waals surface area contributed by atoms with Crippen LogP contribution >= 0.6 is 11.6 Å². The first-order valence-electron chi connectivity index (χ1n) is 5.98. The Bertz CT molecular complexity index is 436. The van der Waals surface area contributed by atoms with Gasteiger partial charge in [0.2, 0.25) is 0 Å². The fourth-order valence-corrected chi connectivity index (χ4v) is 2.60. The first-order chi connectivity index (χ1) is 8.49. The molecule has 0 saturated carbocycles. The number of hydrogen-bond acceptors (Lipinski definition) is 2. The lowest BCUT2D eigenvalue weighted by atomic mass is 10.1. The molecule has 2 atom stereocenters. The Morgan fingerprint density at radius 3 is 2.56 bits per heavy atom. The molecule has 18 heavy (non-hydrogen) atoms. The van der Waals surface area contributed by atoms with Crippen molar-refractivity contribution >= 4 is 17.5 Å². The van der Waals surface area contributed by atoms with Gasteiger partial charge < -0.3 is 10.2 Å². The first kappa shape index (κ1) is 13.3. The van der Waals surface area contributed by atoms with Gasteiger partial charge in [-0.25, -0.2) is 4.39 Å². The fraction of sp³-hybridized carbons (Fsp3) is 0.462. The van der Waals surface area contributed by atoms with Crippen molar-refractivity contribution in [3.63, 3.8) is 0 Å². The highest BCUT2D eigenvalue weighted by Gasteiger charge is 2.28. The zero-order chi connectivity index (χ0) is 13.3. The van der Waals surface area contributed by atoms with Crippen molar-refractivity contribution in [3.05, 3.63) is 34.6 Å². The van der Waals surface area contributed by atoms with Crippen molar-refractivity contribution in [2.75, 3.05) is 13.1 Å². The summed E-state index contributed by atoms with van der Waals surface area (Å²) in [5.74, 6) is -0.898. The maximum absolute atomic E-state index is 13.7. The minimum absolute atomic E-state index is 0.0273. The predicted molar refractivity (Wildman–Crippen MR) is 69.4 cm³/mol. The number of nitrogens with one attached hydrogen (secondary N) is 1. The summed E-state index contributed by atoms with van der Waals surface area (Å²) in [7, 11) is 0. The van der Waals surface area contributed by atoms with Gasteiger partial charge in [-0.05, 0) is 26.0 Å². The molecule has 0 aliphatic carbocycles. The smallest absolute Gasteiger partial charge is 0.258 e. The van der Waals surface area contributed by atoms with Gasteiger partial charge >= 0.3 is 0 Å². The summed E-state index contributed by atoms with van der Waals surface area (Å²) in [6, 6.07) is 4.69. The summed E-state index contributed by atoms with van der Waals surface area (Å²) >= 11 is 5.91. The van der Waals surface area contributed by atoms with E-state index in [1.807, 2.05) is 13.8 Å². The summed E-state index contributed by atoms with van der Waals surface area (Å²) in [6.07, 6.45) is 0. The molecule has 0 unspecified atom stereocenters. The molecule has 1 amide bonds. The minimum Gasteiger partial charge on any atom is -0.335 e. The monoisotopic (exact) mass is 270 g/mol. The second kappa shape index (κ2) is 5.24. The van der Waals surface area contributed by atoms with Crippen LogP contribution in [0.3, 0.4) is 0 Å². The molecule has 0 aromatic heterocycles. The normalized spacial score (nSPS) is 24.1. The van der Waals surface area contributed by atoms with Crippen LogP contribution in [-0.4, -0.2) is 36.0 Å². The van der Waals surface area contributed by atoms with E-state index in [0.29, 0.717) is 13.1 Å². The molecule has 5 heteroatoms. The van der Waals surface area contributed by atoms with E-state index in [2.05, 4.69) is 5.32 Å². The molecular formula is C13H16ClFN2O. The largest absolute Gasteiger partial charge is 0.335 e. The molecule has 1 aromatic rings. The third-order valence-electron chi connectivity index (χ3n) is 3.02. The zero-order valence-electron chi connectivity index (χ0n) is 10.4. The van der Waals surface area contributed by atoms with Gasteiger partial charge in [0.15, 0.2) is 0 Å². The SMILES string of the molecule is C[C@H]1CN(C(=O)c2c(F)cccc2Cl)C[C@H](C)N1. The van der Waals surface area contributed by atoms with Crippen molar-refractivity contribution in [2.45, 2.75) is 25.9 Å². The number of halogens is 2. The van der Waals surface area contributed by atoms with Gasteiger partial charge in [0.1, 0.15) is 5.82 Å². The fourth-order valence-electron chi connectivity index (χ4n) is 2.35. The molecule has 1 N–H and O–H groups in total. The number of benzene rings is 1. The van der Waals surface area contributed by atoms with Gasteiger partial charge in [0.25, 0.3) is 5.91 Å². The summed E-state index contributed by atoms with van der Waals surface area (Å²) < 4.78 is 13.7. The molecule has 98 valence electrons. The standard InChI is InChI=1S/C13H16ClFN2O/c1-8-6-17(7-9(2)16-8)13(18)12-10(14)4-3-5-11(12)15/h3-5,8-9,16H,6-7H2,1-2H3/t8-,9-/m0/s1. The summed E-state index contributed by atoms with van der Waals surface area (Å²) in [4.78, 5) is 14.0. The Morgan fingerprint density at radius 1 is 1.39 bits per heavy atom. The van der Waals surface area contributed by atoms with Crippen LogP contribution in [0.1, 0.15) is 24.2 Å². The van der Waals surface area contributed by atoms with Crippen molar-refractivity contribution in [1.82, 2.24) is 10.2 Å². The van der Waals surface area contributed by atoms with Crippen LogP contribution in [0.2, 0.25) is 5.02 Å². The molecule has 0 radical (unpaired) electrons. The van der Waals surface area contributed by atoms with Crippen LogP contribution in [0, 0.1) is 5.82 Å². The molecule has 1 aliphatic heterocycles. The third-order valence-corrected chi connectivity index (χ3v) is 3.34. The Hall–Kier alpha value is -1.13. The Kier molecular flexibility index (Phi) is 3.88. The van der Waals surface area contributed by atoms with Gasteiger partial charge in [-0.3, -0.25) is 4.79 Å². The van der Waals surface area contributed by atoms with E-state index >= 15 is 0 Å². The van der Waals surface area contributed by atoms with Gasteiger partial charge in [-0.2, -0.15) is 0 Å². The zero-order valence-corrected chi connectivity index (χ0v) is 11.2. The lowest BCUT2D eigenvalue weighted by Gasteiger charge is -2.36. The molecular weight excluding hydrogens is 255 g/mol. The minimum atomic E-state index is -0.564.